The van der Waals surface area contributed by atoms with E-state index in [4.69, 9.17) is 4.74 Å². The largest absolute Gasteiger partial charge is 0.497 e. The number of hydrogen-bond acceptors (Lipinski definition) is 3. The fourth-order valence-corrected chi connectivity index (χ4v) is 3.24. The van der Waals surface area contributed by atoms with Crippen LogP contribution in [-0.4, -0.2) is 43.6 Å². The molecule has 2 fully saturated rings. The number of benzene rings is 1. The first-order valence-corrected chi connectivity index (χ1v) is 6.95. The summed E-state index contributed by atoms with van der Waals surface area (Å²) in [6, 6.07) is 7.81. The number of fused-ring (bicyclic) bond motifs is 1. The molecule has 0 saturated carbocycles. The standard InChI is InChI=1S/C15H20N2O2/c1-19-13-6-2-4-11(8-13)15(18)17-7-3-5-12-9-16-10-14(12)17/h2,4,6,8,12,14,16H,3,5,7,9-10H2,1H3. The Hall–Kier alpha value is -1.55. The fourth-order valence-electron chi connectivity index (χ4n) is 3.24. The van der Waals surface area contributed by atoms with Gasteiger partial charge in [-0.05, 0) is 37.0 Å². The molecule has 0 radical (unpaired) electrons. The predicted octanol–water partition coefficient (Wildman–Crippen LogP) is 1.52. The molecule has 2 atom stereocenters. The first-order chi connectivity index (χ1) is 9.29. The third kappa shape index (κ3) is 2.32. The van der Waals surface area contributed by atoms with E-state index >= 15 is 0 Å². The normalized spacial score (nSPS) is 26.1. The maximum atomic E-state index is 12.7. The summed E-state index contributed by atoms with van der Waals surface area (Å²) in [5.74, 6) is 1.50. The van der Waals surface area contributed by atoms with Gasteiger partial charge in [0.25, 0.3) is 5.91 Å². The molecule has 4 heteroatoms. The summed E-state index contributed by atoms with van der Waals surface area (Å²) in [6.45, 7) is 2.85. The van der Waals surface area contributed by atoms with Gasteiger partial charge in [-0.3, -0.25) is 4.79 Å². The van der Waals surface area contributed by atoms with E-state index in [1.807, 2.05) is 29.2 Å². The van der Waals surface area contributed by atoms with Crippen molar-refractivity contribution in [1.29, 1.82) is 0 Å². The average molecular weight is 260 g/mol. The minimum Gasteiger partial charge on any atom is -0.497 e. The topological polar surface area (TPSA) is 41.6 Å². The lowest BCUT2D eigenvalue weighted by atomic mass is 9.91. The molecule has 0 aromatic heterocycles. The third-order valence-electron chi connectivity index (χ3n) is 4.26. The summed E-state index contributed by atoms with van der Waals surface area (Å²) in [4.78, 5) is 14.7. The van der Waals surface area contributed by atoms with Gasteiger partial charge in [0.05, 0.1) is 7.11 Å². The molecule has 3 rings (SSSR count). The molecule has 1 amide bonds. The summed E-state index contributed by atoms with van der Waals surface area (Å²) in [5, 5.41) is 3.40. The average Bonchev–Trinajstić information content (AvgIpc) is 2.95. The monoisotopic (exact) mass is 260 g/mol. The highest BCUT2D eigenvalue weighted by molar-refractivity contribution is 5.95. The number of hydrogen-bond donors (Lipinski definition) is 1. The molecule has 2 heterocycles. The van der Waals surface area contributed by atoms with E-state index in [-0.39, 0.29) is 5.91 Å². The van der Waals surface area contributed by atoms with Gasteiger partial charge in [-0.1, -0.05) is 6.07 Å². The van der Waals surface area contributed by atoms with Crippen LogP contribution in [0.2, 0.25) is 0 Å². The van der Waals surface area contributed by atoms with Crippen molar-refractivity contribution in [2.75, 3.05) is 26.7 Å². The maximum absolute atomic E-state index is 12.7. The van der Waals surface area contributed by atoms with Crippen molar-refractivity contribution in [3.8, 4) is 5.75 Å². The van der Waals surface area contributed by atoms with Crippen molar-refractivity contribution in [3.63, 3.8) is 0 Å². The molecule has 4 nitrogen and oxygen atoms in total. The Labute approximate surface area is 113 Å². The predicted molar refractivity (Wildman–Crippen MR) is 73.4 cm³/mol. The molecular weight excluding hydrogens is 240 g/mol. The van der Waals surface area contributed by atoms with Gasteiger partial charge in [-0.15, -0.1) is 0 Å². The minimum atomic E-state index is 0.136. The second-order valence-corrected chi connectivity index (χ2v) is 5.36. The molecule has 2 saturated heterocycles. The van der Waals surface area contributed by atoms with Crippen LogP contribution >= 0.6 is 0 Å². The van der Waals surface area contributed by atoms with Crippen molar-refractivity contribution in [2.45, 2.75) is 18.9 Å². The van der Waals surface area contributed by atoms with Crippen LogP contribution in [0.25, 0.3) is 0 Å². The zero-order valence-electron chi connectivity index (χ0n) is 11.3. The highest BCUT2D eigenvalue weighted by Crippen LogP contribution is 2.28. The molecule has 1 N–H and O–H groups in total. The van der Waals surface area contributed by atoms with Gasteiger partial charge >= 0.3 is 0 Å². The molecule has 2 aliphatic rings. The summed E-state index contributed by atoms with van der Waals surface area (Å²) in [6.07, 6.45) is 2.35. The lowest BCUT2D eigenvalue weighted by Gasteiger charge is -2.37. The number of ether oxygens (including phenoxy) is 1. The van der Waals surface area contributed by atoms with Crippen LogP contribution in [0.3, 0.4) is 0 Å². The van der Waals surface area contributed by atoms with Crippen molar-refractivity contribution in [1.82, 2.24) is 10.2 Å². The molecule has 1 aromatic carbocycles. The van der Waals surface area contributed by atoms with Crippen molar-refractivity contribution in [3.05, 3.63) is 29.8 Å². The molecule has 2 aliphatic heterocycles. The second-order valence-electron chi connectivity index (χ2n) is 5.36. The molecule has 19 heavy (non-hydrogen) atoms. The Bertz CT molecular complexity index is 475. The van der Waals surface area contributed by atoms with Crippen molar-refractivity contribution < 1.29 is 9.53 Å². The Morgan fingerprint density at radius 2 is 2.32 bits per heavy atom. The maximum Gasteiger partial charge on any atom is 0.254 e. The zero-order valence-corrected chi connectivity index (χ0v) is 11.3. The van der Waals surface area contributed by atoms with E-state index in [9.17, 15) is 4.79 Å². The number of piperidine rings is 1. The van der Waals surface area contributed by atoms with E-state index in [0.29, 0.717) is 12.0 Å². The van der Waals surface area contributed by atoms with Gasteiger partial charge in [-0.25, -0.2) is 0 Å². The Morgan fingerprint density at radius 1 is 1.42 bits per heavy atom. The number of methoxy groups -OCH3 is 1. The van der Waals surface area contributed by atoms with E-state index < -0.39 is 0 Å². The highest BCUT2D eigenvalue weighted by Gasteiger charge is 2.37. The first-order valence-electron chi connectivity index (χ1n) is 6.95. The SMILES string of the molecule is COc1cccc(C(=O)N2CCCC3CNCC32)c1. The van der Waals surface area contributed by atoms with Gasteiger partial charge in [0.1, 0.15) is 5.75 Å². The Kier molecular flexibility index (Phi) is 3.42. The van der Waals surface area contributed by atoms with Crippen LogP contribution in [-0.2, 0) is 0 Å². The van der Waals surface area contributed by atoms with Crippen LogP contribution in [0.1, 0.15) is 23.2 Å². The number of nitrogens with zero attached hydrogens (tertiary/aromatic N) is 1. The van der Waals surface area contributed by atoms with Crippen LogP contribution in [0.5, 0.6) is 5.75 Å². The number of rotatable bonds is 2. The minimum absolute atomic E-state index is 0.136. The number of nitrogens with one attached hydrogen (secondary N) is 1. The van der Waals surface area contributed by atoms with Gasteiger partial charge in [0, 0.05) is 31.2 Å². The summed E-state index contributed by atoms with van der Waals surface area (Å²) < 4.78 is 5.20. The van der Waals surface area contributed by atoms with Crippen molar-refractivity contribution >= 4 is 5.91 Å². The highest BCUT2D eigenvalue weighted by atomic mass is 16.5. The van der Waals surface area contributed by atoms with Crippen LogP contribution in [0.15, 0.2) is 24.3 Å². The van der Waals surface area contributed by atoms with Gasteiger partial charge < -0.3 is 15.0 Å². The smallest absolute Gasteiger partial charge is 0.254 e. The van der Waals surface area contributed by atoms with Crippen LogP contribution in [0, 0.1) is 5.92 Å². The van der Waals surface area contributed by atoms with Crippen LogP contribution in [0.4, 0.5) is 0 Å². The van der Waals surface area contributed by atoms with E-state index in [1.165, 1.54) is 6.42 Å². The molecular formula is C15H20N2O2. The molecule has 0 aliphatic carbocycles. The lowest BCUT2D eigenvalue weighted by Crippen LogP contribution is -2.48. The number of likely N-dealkylation sites (tertiary alicyclic amines) is 1. The molecule has 0 spiro atoms. The van der Waals surface area contributed by atoms with E-state index in [1.54, 1.807) is 7.11 Å². The number of carbonyl (C=O) groups excluding carboxylic acids is 1. The first kappa shape index (κ1) is 12.5. The quantitative estimate of drug-likeness (QED) is 0.876. The molecule has 2 unspecified atom stereocenters. The van der Waals surface area contributed by atoms with Gasteiger partial charge in [0.15, 0.2) is 0 Å². The van der Waals surface area contributed by atoms with E-state index in [2.05, 4.69) is 5.32 Å². The number of carbonyl (C=O) groups is 1. The number of amides is 1. The molecule has 0 bridgehead atoms. The van der Waals surface area contributed by atoms with Gasteiger partial charge in [-0.2, -0.15) is 0 Å². The molecule has 102 valence electrons. The Balaban J connectivity index is 1.82. The third-order valence-corrected chi connectivity index (χ3v) is 4.26. The van der Waals surface area contributed by atoms with Crippen molar-refractivity contribution in [2.24, 2.45) is 5.92 Å². The molecule has 1 aromatic rings. The zero-order chi connectivity index (χ0) is 13.2. The summed E-state index contributed by atoms with van der Waals surface area (Å²) in [5.41, 5.74) is 0.729. The second kappa shape index (κ2) is 5.21. The summed E-state index contributed by atoms with van der Waals surface area (Å²) in [7, 11) is 1.63. The Morgan fingerprint density at radius 3 is 3.16 bits per heavy atom. The lowest BCUT2D eigenvalue weighted by molar-refractivity contribution is 0.0574. The van der Waals surface area contributed by atoms with Gasteiger partial charge in [0.2, 0.25) is 0 Å². The fraction of sp³-hybridized carbons (Fsp3) is 0.533. The van der Waals surface area contributed by atoms with E-state index in [0.717, 1.165) is 37.4 Å². The van der Waals surface area contributed by atoms with Crippen LogP contribution < -0.4 is 10.1 Å². The summed E-state index contributed by atoms with van der Waals surface area (Å²) >= 11 is 0.